The van der Waals surface area contributed by atoms with Crippen molar-refractivity contribution in [2.75, 3.05) is 13.1 Å². The standard InChI is InChI=1S/C21H28ClNO2S/c1-2-3-5-17-8-10-21(11-9-17)26(24,25)23-14-12-18(13-15-23)19-6-4-7-20(22)16-19/h4,6,8-11,16,18-19H,2-3,5,7,12-15H2,1H3. The lowest BCUT2D eigenvalue weighted by atomic mass is 9.83. The van der Waals surface area contributed by atoms with E-state index in [-0.39, 0.29) is 0 Å². The second kappa shape index (κ2) is 8.73. The number of allylic oxidation sites excluding steroid dienone is 4. The Balaban J connectivity index is 1.62. The molecular formula is C21H28ClNO2S. The smallest absolute Gasteiger partial charge is 0.207 e. The first-order valence-corrected chi connectivity index (χ1v) is 11.4. The van der Waals surface area contributed by atoms with Crippen molar-refractivity contribution in [1.29, 1.82) is 0 Å². The average molecular weight is 394 g/mol. The molecule has 1 aliphatic heterocycles. The zero-order valence-electron chi connectivity index (χ0n) is 15.4. The van der Waals surface area contributed by atoms with Gasteiger partial charge in [-0.1, -0.05) is 55.3 Å². The quantitative estimate of drug-likeness (QED) is 0.628. The number of hydrogen-bond acceptors (Lipinski definition) is 2. The van der Waals surface area contributed by atoms with Crippen LogP contribution in [0.5, 0.6) is 0 Å². The van der Waals surface area contributed by atoms with Gasteiger partial charge < -0.3 is 0 Å². The zero-order chi connectivity index (χ0) is 18.6. The maximum atomic E-state index is 12.9. The third-order valence-corrected chi connectivity index (χ3v) is 7.66. The molecule has 1 aromatic carbocycles. The van der Waals surface area contributed by atoms with Gasteiger partial charge in [-0.3, -0.25) is 0 Å². The van der Waals surface area contributed by atoms with E-state index in [2.05, 4.69) is 25.2 Å². The maximum absolute atomic E-state index is 12.9. The second-order valence-corrected chi connectivity index (χ2v) is 9.74. The van der Waals surface area contributed by atoms with Gasteiger partial charge in [0.1, 0.15) is 0 Å². The van der Waals surface area contributed by atoms with Crippen LogP contribution < -0.4 is 0 Å². The Kier molecular flexibility index (Phi) is 6.60. The number of piperidine rings is 1. The molecule has 3 rings (SSSR count). The third kappa shape index (κ3) is 4.59. The largest absolute Gasteiger partial charge is 0.243 e. The van der Waals surface area contributed by atoms with Crippen molar-refractivity contribution in [2.45, 2.75) is 50.3 Å². The molecule has 1 aromatic rings. The topological polar surface area (TPSA) is 37.4 Å². The number of sulfonamides is 1. The predicted octanol–water partition coefficient (Wildman–Crippen LogP) is 5.13. The monoisotopic (exact) mass is 393 g/mol. The van der Waals surface area contributed by atoms with Crippen LogP contribution in [-0.2, 0) is 16.4 Å². The lowest BCUT2D eigenvalue weighted by molar-refractivity contribution is 0.249. The van der Waals surface area contributed by atoms with E-state index in [1.165, 1.54) is 5.56 Å². The molecule has 1 unspecified atom stereocenters. The predicted molar refractivity (Wildman–Crippen MR) is 108 cm³/mol. The van der Waals surface area contributed by atoms with E-state index < -0.39 is 10.0 Å². The highest BCUT2D eigenvalue weighted by Crippen LogP contribution is 2.33. The van der Waals surface area contributed by atoms with Gasteiger partial charge in [-0.05, 0) is 55.2 Å². The van der Waals surface area contributed by atoms with Crippen LogP contribution in [0.25, 0.3) is 0 Å². The average Bonchev–Trinajstić information content (AvgIpc) is 2.67. The molecule has 1 atom stereocenters. The molecule has 1 aliphatic carbocycles. The van der Waals surface area contributed by atoms with Crippen molar-refractivity contribution in [1.82, 2.24) is 4.31 Å². The number of rotatable bonds is 6. The molecule has 0 bridgehead atoms. The molecule has 1 heterocycles. The zero-order valence-corrected chi connectivity index (χ0v) is 17.0. The summed E-state index contributed by atoms with van der Waals surface area (Å²) in [6, 6.07) is 7.43. The van der Waals surface area contributed by atoms with Crippen molar-refractivity contribution in [2.24, 2.45) is 11.8 Å². The van der Waals surface area contributed by atoms with Crippen LogP contribution in [0, 0.1) is 11.8 Å². The van der Waals surface area contributed by atoms with Gasteiger partial charge in [0.25, 0.3) is 0 Å². The van der Waals surface area contributed by atoms with Gasteiger partial charge in [0.2, 0.25) is 10.0 Å². The number of hydrogen-bond donors (Lipinski definition) is 0. The summed E-state index contributed by atoms with van der Waals surface area (Å²) in [5, 5.41) is 0.899. The van der Waals surface area contributed by atoms with Crippen LogP contribution >= 0.6 is 11.6 Å². The Morgan fingerprint density at radius 2 is 1.85 bits per heavy atom. The minimum Gasteiger partial charge on any atom is -0.207 e. The van der Waals surface area contributed by atoms with E-state index in [4.69, 9.17) is 11.6 Å². The summed E-state index contributed by atoms with van der Waals surface area (Å²) in [5.74, 6) is 0.821. The fourth-order valence-corrected chi connectivity index (χ4v) is 5.53. The molecule has 3 nitrogen and oxygen atoms in total. The van der Waals surface area contributed by atoms with E-state index in [9.17, 15) is 8.42 Å². The Morgan fingerprint density at radius 3 is 2.46 bits per heavy atom. The van der Waals surface area contributed by atoms with Gasteiger partial charge >= 0.3 is 0 Å². The van der Waals surface area contributed by atoms with E-state index in [0.29, 0.717) is 29.8 Å². The third-order valence-electron chi connectivity index (χ3n) is 5.47. The molecule has 1 fully saturated rings. The molecule has 0 N–H and O–H groups in total. The second-order valence-electron chi connectivity index (χ2n) is 7.31. The van der Waals surface area contributed by atoms with Gasteiger partial charge in [-0.15, -0.1) is 0 Å². The van der Waals surface area contributed by atoms with Crippen LogP contribution in [0.2, 0.25) is 0 Å². The van der Waals surface area contributed by atoms with Gasteiger partial charge in [0, 0.05) is 24.5 Å². The maximum Gasteiger partial charge on any atom is 0.243 e. The van der Waals surface area contributed by atoms with Gasteiger partial charge in [0.15, 0.2) is 0 Å². The molecule has 2 aliphatic rings. The Hall–Kier alpha value is -1.10. The molecule has 0 spiro atoms. The molecule has 142 valence electrons. The normalized spacial score (nSPS) is 22.4. The van der Waals surface area contributed by atoms with Gasteiger partial charge in [-0.25, -0.2) is 8.42 Å². The van der Waals surface area contributed by atoms with Crippen LogP contribution in [0.3, 0.4) is 0 Å². The van der Waals surface area contributed by atoms with E-state index in [1.807, 2.05) is 12.1 Å². The lowest BCUT2D eigenvalue weighted by Crippen LogP contribution is -2.39. The summed E-state index contributed by atoms with van der Waals surface area (Å²) >= 11 is 6.16. The van der Waals surface area contributed by atoms with Crippen LogP contribution in [0.15, 0.2) is 52.4 Å². The Bertz CT molecular complexity index is 760. The number of benzene rings is 1. The summed E-state index contributed by atoms with van der Waals surface area (Å²) in [7, 11) is -3.39. The van der Waals surface area contributed by atoms with Gasteiger partial charge in [-0.2, -0.15) is 4.31 Å². The number of halogens is 1. The van der Waals surface area contributed by atoms with Gasteiger partial charge in [0.05, 0.1) is 4.90 Å². The molecule has 0 amide bonds. The first-order chi connectivity index (χ1) is 12.5. The van der Waals surface area contributed by atoms with Crippen molar-refractivity contribution < 1.29 is 8.42 Å². The van der Waals surface area contributed by atoms with Crippen molar-refractivity contribution >= 4 is 21.6 Å². The van der Waals surface area contributed by atoms with E-state index in [0.717, 1.165) is 43.6 Å². The fraction of sp³-hybridized carbons (Fsp3) is 0.524. The summed E-state index contributed by atoms with van der Waals surface area (Å²) in [5.41, 5.74) is 1.21. The molecule has 0 radical (unpaired) electrons. The van der Waals surface area contributed by atoms with E-state index in [1.54, 1.807) is 16.4 Å². The SMILES string of the molecule is CCCCc1ccc(S(=O)(=O)N2CCC(C3C=CCC(Cl)=C3)CC2)cc1. The molecule has 26 heavy (non-hydrogen) atoms. The highest BCUT2D eigenvalue weighted by Gasteiger charge is 2.31. The number of unbranched alkanes of at least 4 members (excludes halogenated alkanes) is 1. The summed E-state index contributed by atoms with van der Waals surface area (Å²) in [6.45, 7) is 3.33. The Morgan fingerprint density at radius 1 is 1.15 bits per heavy atom. The highest BCUT2D eigenvalue weighted by atomic mass is 35.5. The minimum absolute atomic E-state index is 0.346. The minimum atomic E-state index is -3.39. The number of nitrogens with zero attached hydrogens (tertiary/aromatic N) is 1. The summed E-state index contributed by atoms with van der Waals surface area (Å²) < 4.78 is 27.5. The number of aryl methyl sites for hydroxylation is 1. The van der Waals surface area contributed by atoms with Crippen LogP contribution in [-0.4, -0.2) is 25.8 Å². The molecule has 5 heteroatoms. The highest BCUT2D eigenvalue weighted by molar-refractivity contribution is 7.89. The van der Waals surface area contributed by atoms with Crippen molar-refractivity contribution in [3.63, 3.8) is 0 Å². The van der Waals surface area contributed by atoms with Crippen molar-refractivity contribution in [3.8, 4) is 0 Å². The van der Waals surface area contributed by atoms with Crippen molar-refractivity contribution in [3.05, 3.63) is 53.1 Å². The molecule has 0 aromatic heterocycles. The summed E-state index contributed by atoms with van der Waals surface area (Å²) in [6.07, 6.45) is 12.3. The molecule has 1 saturated heterocycles. The summed E-state index contributed by atoms with van der Waals surface area (Å²) in [4.78, 5) is 0.414. The van der Waals surface area contributed by atoms with Crippen LogP contribution in [0.4, 0.5) is 0 Å². The Labute approximate surface area is 162 Å². The van der Waals surface area contributed by atoms with Crippen LogP contribution in [0.1, 0.15) is 44.6 Å². The molecular weight excluding hydrogens is 366 g/mol. The molecule has 0 saturated carbocycles. The fourth-order valence-electron chi connectivity index (χ4n) is 3.82. The lowest BCUT2D eigenvalue weighted by Gasteiger charge is -2.34. The first-order valence-electron chi connectivity index (χ1n) is 9.62. The van der Waals surface area contributed by atoms with E-state index >= 15 is 0 Å². The first kappa shape index (κ1) is 19.7.